The fraction of sp³-hybridized carbons (Fsp3) is 0.941. The second-order valence-electron chi connectivity index (χ2n) is 6.77. The molecule has 0 aromatic heterocycles. The SMILES string of the molecule is CCOCC(C)N1C(=O)C(C(C)CC)NC1C1CCCC1. The molecule has 1 heterocycles. The average molecular weight is 296 g/mol. The Hall–Kier alpha value is -0.610. The Balaban J connectivity index is 2.12. The van der Waals surface area contributed by atoms with Gasteiger partial charge in [-0.25, -0.2) is 0 Å². The molecule has 0 radical (unpaired) electrons. The van der Waals surface area contributed by atoms with Crippen LogP contribution in [-0.4, -0.2) is 42.3 Å². The Labute approximate surface area is 129 Å². The Morgan fingerprint density at radius 1 is 1.29 bits per heavy atom. The van der Waals surface area contributed by atoms with Crippen molar-refractivity contribution >= 4 is 5.91 Å². The van der Waals surface area contributed by atoms with E-state index >= 15 is 0 Å². The van der Waals surface area contributed by atoms with Crippen molar-refractivity contribution in [3.8, 4) is 0 Å². The molecule has 1 aliphatic carbocycles. The van der Waals surface area contributed by atoms with Crippen molar-refractivity contribution < 1.29 is 9.53 Å². The Morgan fingerprint density at radius 2 is 1.95 bits per heavy atom. The average Bonchev–Trinajstić information content (AvgIpc) is 3.11. The topological polar surface area (TPSA) is 41.6 Å². The van der Waals surface area contributed by atoms with Crippen molar-refractivity contribution in [1.82, 2.24) is 10.2 Å². The van der Waals surface area contributed by atoms with Crippen molar-refractivity contribution in [3.05, 3.63) is 0 Å². The van der Waals surface area contributed by atoms with Crippen LogP contribution in [0.1, 0.15) is 59.8 Å². The number of ether oxygens (including phenoxy) is 1. The van der Waals surface area contributed by atoms with E-state index in [-0.39, 0.29) is 24.2 Å². The number of nitrogens with one attached hydrogen (secondary N) is 1. The van der Waals surface area contributed by atoms with Gasteiger partial charge in [0.05, 0.1) is 24.9 Å². The van der Waals surface area contributed by atoms with E-state index in [0.717, 1.165) is 6.42 Å². The molecule has 4 heteroatoms. The smallest absolute Gasteiger partial charge is 0.241 e. The normalized spacial score (nSPS) is 30.1. The van der Waals surface area contributed by atoms with Crippen LogP contribution in [0.15, 0.2) is 0 Å². The quantitative estimate of drug-likeness (QED) is 0.785. The molecule has 0 aromatic carbocycles. The van der Waals surface area contributed by atoms with Gasteiger partial charge < -0.3 is 9.64 Å². The molecule has 2 aliphatic rings. The van der Waals surface area contributed by atoms with E-state index in [4.69, 9.17) is 4.74 Å². The molecule has 0 aromatic rings. The van der Waals surface area contributed by atoms with Crippen LogP contribution in [-0.2, 0) is 9.53 Å². The van der Waals surface area contributed by atoms with Gasteiger partial charge in [0, 0.05) is 6.61 Å². The maximum atomic E-state index is 12.9. The van der Waals surface area contributed by atoms with Crippen molar-refractivity contribution in [1.29, 1.82) is 0 Å². The summed E-state index contributed by atoms with van der Waals surface area (Å²) in [5, 5.41) is 3.66. The molecule has 1 aliphatic heterocycles. The van der Waals surface area contributed by atoms with E-state index in [0.29, 0.717) is 25.0 Å². The van der Waals surface area contributed by atoms with Crippen LogP contribution in [0.2, 0.25) is 0 Å². The van der Waals surface area contributed by atoms with E-state index in [2.05, 4.69) is 31.0 Å². The van der Waals surface area contributed by atoms with E-state index in [1.807, 2.05) is 6.92 Å². The molecule has 0 bridgehead atoms. The van der Waals surface area contributed by atoms with Crippen molar-refractivity contribution in [2.24, 2.45) is 11.8 Å². The van der Waals surface area contributed by atoms with E-state index < -0.39 is 0 Å². The molecule has 1 amide bonds. The van der Waals surface area contributed by atoms with Gasteiger partial charge in [-0.2, -0.15) is 0 Å². The highest BCUT2D eigenvalue weighted by atomic mass is 16.5. The molecule has 4 nitrogen and oxygen atoms in total. The van der Waals surface area contributed by atoms with Crippen LogP contribution < -0.4 is 5.32 Å². The second-order valence-corrected chi connectivity index (χ2v) is 6.77. The fourth-order valence-corrected chi connectivity index (χ4v) is 3.77. The number of nitrogens with zero attached hydrogens (tertiary/aromatic N) is 1. The van der Waals surface area contributed by atoms with Crippen LogP contribution in [0.25, 0.3) is 0 Å². The molecule has 21 heavy (non-hydrogen) atoms. The lowest BCUT2D eigenvalue weighted by atomic mass is 9.99. The number of carbonyl (C=O) groups excluding carboxylic acids is 1. The molecular formula is C17H32N2O2. The number of hydrogen-bond donors (Lipinski definition) is 1. The van der Waals surface area contributed by atoms with Gasteiger partial charge in [0.25, 0.3) is 0 Å². The van der Waals surface area contributed by atoms with Crippen LogP contribution in [0.3, 0.4) is 0 Å². The lowest BCUT2D eigenvalue weighted by Crippen LogP contribution is -2.48. The molecule has 2 fully saturated rings. The maximum absolute atomic E-state index is 12.9. The summed E-state index contributed by atoms with van der Waals surface area (Å²) in [6.45, 7) is 9.82. The first-order valence-corrected chi connectivity index (χ1v) is 8.76. The first-order valence-electron chi connectivity index (χ1n) is 8.76. The summed E-state index contributed by atoms with van der Waals surface area (Å²) in [4.78, 5) is 15.0. The predicted molar refractivity (Wildman–Crippen MR) is 84.9 cm³/mol. The first kappa shape index (κ1) is 16.8. The highest BCUT2D eigenvalue weighted by Gasteiger charge is 2.46. The van der Waals surface area contributed by atoms with Gasteiger partial charge in [0.2, 0.25) is 5.91 Å². The largest absolute Gasteiger partial charge is 0.380 e. The van der Waals surface area contributed by atoms with Gasteiger partial charge >= 0.3 is 0 Å². The zero-order valence-electron chi connectivity index (χ0n) is 14.1. The molecule has 4 unspecified atom stereocenters. The van der Waals surface area contributed by atoms with Gasteiger partial charge in [-0.3, -0.25) is 10.1 Å². The van der Waals surface area contributed by atoms with Gasteiger partial charge in [0.1, 0.15) is 0 Å². The second kappa shape index (κ2) is 7.59. The molecule has 0 spiro atoms. The van der Waals surface area contributed by atoms with Gasteiger partial charge in [-0.05, 0) is 38.5 Å². The number of rotatable bonds is 7. The highest BCUT2D eigenvalue weighted by molar-refractivity contribution is 5.85. The van der Waals surface area contributed by atoms with Gasteiger partial charge in [0.15, 0.2) is 0 Å². The molecule has 122 valence electrons. The standard InChI is InChI=1S/C17H32N2O2/c1-5-12(3)15-17(20)19(13(4)11-21-6-2)16(18-15)14-9-7-8-10-14/h12-16,18H,5-11H2,1-4H3. The zero-order valence-corrected chi connectivity index (χ0v) is 14.1. The molecule has 1 saturated carbocycles. The Morgan fingerprint density at radius 3 is 2.52 bits per heavy atom. The maximum Gasteiger partial charge on any atom is 0.241 e. The third kappa shape index (κ3) is 3.59. The summed E-state index contributed by atoms with van der Waals surface area (Å²) in [7, 11) is 0. The summed E-state index contributed by atoms with van der Waals surface area (Å²) in [5.74, 6) is 1.30. The molecular weight excluding hydrogens is 264 g/mol. The van der Waals surface area contributed by atoms with Gasteiger partial charge in [-0.1, -0.05) is 33.1 Å². The summed E-state index contributed by atoms with van der Waals surface area (Å²) in [6.07, 6.45) is 6.35. The van der Waals surface area contributed by atoms with Crippen LogP contribution >= 0.6 is 0 Å². The summed E-state index contributed by atoms with van der Waals surface area (Å²) in [5.41, 5.74) is 0. The summed E-state index contributed by atoms with van der Waals surface area (Å²) < 4.78 is 5.57. The number of amides is 1. The van der Waals surface area contributed by atoms with E-state index in [1.165, 1.54) is 25.7 Å². The van der Waals surface area contributed by atoms with E-state index in [1.54, 1.807) is 0 Å². The predicted octanol–water partition coefficient (Wildman–Crippen LogP) is 2.77. The molecule has 1 saturated heterocycles. The minimum atomic E-state index is -0.00956. The van der Waals surface area contributed by atoms with E-state index in [9.17, 15) is 4.79 Å². The third-order valence-electron chi connectivity index (χ3n) is 5.27. The first-order chi connectivity index (χ1) is 10.1. The summed E-state index contributed by atoms with van der Waals surface area (Å²) >= 11 is 0. The minimum absolute atomic E-state index is 0.00956. The number of carbonyl (C=O) groups is 1. The lowest BCUT2D eigenvalue weighted by Gasteiger charge is -2.33. The zero-order chi connectivity index (χ0) is 15.4. The summed E-state index contributed by atoms with van der Waals surface area (Å²) in [6, 6.07) is 0.147. The molecule has 1 N–H and O–H groups in total. The minimum Gasteiger partial charge on any atom is -0.380 e. The van der Waals surface area contributed by atoms with Gasteiger partial charge in [-0.15, -0.1) is 0 Å². The third-order valence-corrected chi connectivity index (χ3v) is 5.27. The Kier molecular flexibility index (Phi) is 6.06. The Bertz CT molecular complexity index is 342. The van der Waals surface area contributed by atoms with Crippen molar-refractivity contribution in [2.45, 2.75) is 78.0 Å². The van der Waals surface area contributed by atoms with Crippen molar-refractivity contribution in [3.63, 3.8) is 0 Å². The highest BCUT2D eigenvalue weighted by Crippen LogP contribution is 2.34. The number of hydrogen-bond acceptors (Lipinski definition) is 3. The van der Waals surface area contributed by atoms with Crippen LogP contribution in [0.4, 0.5) is 0 Å². The van der Waals surface area contributed by atoms with Crippen LogP contribution in [0, 0.1) is 11.8 Å². The molecule has 4 atom stereocenters. The lowest BCUT2D eigenvalue weighted by molar-refractivity contribution is -0.134. The van der Waals surface area contributed by atoms with Crippen LogP contribution in [0.5, 0.6) is 0 Å². The molecule has 2 rings (SSSR count). The monoisotopic (exact) mass is 296 g/mol. The fourth-order valence-electron chi connectivity index (χ4n) is 3.77. The van der Waals surface area contributed by atoms with Crippen molar-refractivity contribution in [2.75, 3.05) is 13.2 Å².